The van der Waals surface area contributed by atoms with Crippen molar-refractivity contribution < 1.29 is 15.0 Å². The van der Waals surface area contributed by atoms with Gasteiger partial charge in [-0.3, -0.25) is 4.79 Å². The maximum atomic E-state index is 11.0. The number of hydrogen-bond donors (Lipinski definition) is 2. The Morgan fingerprint density at radius 2 is 2.13 bits per heavy atom. The van der Waals surface area contributed by atoms with Gasteiger partial charge in [0.05, 0.1) is 5.92 Å². The van der Waals surface area contributed by atoms with Crippen molar-refractivity contribution in [3.63, 3.8) is 0 Å². The third-order valence-corrected chi connectivity index (χ3v) is 2.87. The monoisotopic (exact) mass is 228 g/mol. The van der Waals surface area contributed by atoms with Crippen LogP contribution >= 0.6 is 11.6 Å². The van der Waals surface area contributed by atoms with Crippen LogP contribution in [0.15, 0.2) is 12.1 Å². The van der Waals surface area contributed by atoms with Gasteiger partial charge in [0.15, 0.2) is 0 Å². The highest BCUT2D eigenvalue weighted by Crippen LogP contribution is 2.33. The average molecular weight is 229 g/mol. The largest absolute Gasteiger partial charge is 0.508 e. The van der Waals surface area contributed by atoms with E-state index in [9.17, 15) is 9.90 Å². The Kier molecular flexibility index (Phi) is 3.58. The minimum absolute atomic E-state index is 0.0478. The quantitative estimate of drug-likeness (QED) is 0.836. The van der Waals surface area contributed by atoms with Crippen LogP contribution in [0, 0.1) is 6.92 Å². The van der Waals surface area contributed by atoms with Gasteiger partial charge in [-0.05, 0) is 36.6 Å². The summed E-state index contributed by atoms with van der Waals surface area (Å²) in [5, 5.41) is 18.8. The molecular weight excluding hydrogens is 216 g/mol. The van der Waals surface area contributed by atoms with Crippen molar-refractivity contribution in [2.24, 2.45) is 0 Å². The van der Waals surface area contributed by atoms with Gasteiger partial charge in [-0.25, -0.2) is 0 Å². The number of carboxylic acid groups (broad SMARTS) is 1. The lowest BCUT2D eigenvalue weighted by atomic mass is 9.95. The number of aryl methyl sites for hydroxylation is 1. The Balaban J connectivity index is 3.28. The number of aliphatic carboxylic acids is 1. The number of benzene rings is 1. The van der Waals surface area contributed by atoms with E-state index in [1.807, 2.05) is 0 Å². The highest BCUT2D eigenvalue weighted by Gasteiger charge is 2.21. The number of aromatic hydroxyl groups is 1. The molecule has 4 heteroatoms. The molecule has 0 aliphatic heterocycles. The first kappa shape index (κ1) is 11.9. The van der Waals surface area contributed by atoms with Crippen molar-refractivity contribution in [2.45, 2.75) is 26.2 Å². The molecule has 0 aliphatic rings. The maximum Gasteiger partial charge on any atom is 0.311 e. The second-order valence-electron chi connectivity index (χ2n) is 3.46. The topological polar surface area (TPSA) is 57.5 Å². The van der Waals surface area contributed by atoms with Gasteiger partial charge in [0.25, 0.3) is 0 Å². The number of carbonyl (C=O) groups is 1. The molecule has 2 N–H and O–H groups in total. The molecule has 0 spiro atoms. The van der Waals surface area contributed by atoms with Gasteiger partial charge in [-0.15, -0.1) is 0 Å². The number of halogens is 1. The highest BCUT2D eigenvalue weighted by atomic mass is 35.5. The number of carboxylic acids is 1. The highest BCUT2D eigenvalue weighted by molar-refractivity contribution is 6.32. The molecular formula is C11H13ClO3. The summed E-state index contributed by atoms with van der Waals surface area (Å²) in [4.78, 5) is 11.0. The van der Waals surface area contributed by atoms with Crippen LogP contribution in [-0.4, -0.2) is 16.2 Å². The molecule has 0 radical (unpaired) electrons. The Morgan fingerprint density at radius 3 is 2.60 bits per heavy atom. The number of phenols is 1. The minimum Gasteiger partial charge on any atom is -0.508 e. The van der Waals surface area contributed by atoms with Crippen LogP contribution < -0.4 is 0 Å². The van der Waals surface area contributed by atoms with Crippen molar-refractivity contribution in [2.75, 3.05) is 0 Å². The van der Waals surface area contributed by atoms with Gasteiger partial charge in [-0.1, -0.05) is 18.5 Å². The average Bonchev–Trinajstić information content (AvgIpc) is 2.13. The Morgan fingerprint density at radius 1 is 1.53 bits per heavy atom. The molecule has 0 saturated carbocycles. The predicted octanol–water partition coefficient (Wildman–Crippen LogP) is 2.93. The first-order valence-electron chi connectivity index (χ1n) is 4.69. The summed E-state index contributed by atoms with van der Waals surface area (Å²) in [6.07, 6.45) is 0.442. The van der Waals surface area contributed by atoms with Crippen molar-refractivity contribution in [1.82, 2.24) is 0 Å². The summed E-state index contributed by atoms with van der Waals surface area (Å²) in [5.74, 6) is -1.54. The van der Waals surface area contributed by atoms with E-state index in [4.69, 9.17) is 16.7 Å². The zero-order chi connectivity index (χ0) is 11.6. The first-order chi connectivity index (χ1) is 6.97. The third kappa shape index (κ3) is 2.42. The molecule has 0 fully saturated rings. The second-order valence-corrected chi connectivity index (χ2v) is 3.84. The van der Waals surface area contributed by atoms with Crippen molar-refractivity contribution in [3.8, 4) is 5.75 Å². The Bertz CT molecular complexity index is 388. The van der Waals surface area contributed by atoms with Gasteiger partial charge in [0, 0.05) is 5.02 Å². The van der Waals surface area contributed by atoms with E-state index in [-0.39, 0.29) is 5.75 Å². The number of phenolic OH excluding ortho intramolecular Hbond substituents is 1. The molecule has 1 aromatic rings. The fourth-order valence-corrected chi connectivity index (χ4v) is 1.80. The number of hydrogen-bond acceptors (Lipinski definition) is 2. The lowest BCUT2D eigenvalue weighted by Gasteiger charge is -2.14. The second kappa shape index (κ2) is 4.53. The van der Waals surface area contributed by atoms with Gasteiger partial charge < -0.3 is 10.2 Å². The number of rotatable bonds is 3. The predicted molar refractivity (Wildman–Crippen MR) is 58.5 cm³/mol. The van der Waals surface area contributed by atoms with Crippen LogP contribution in [0.25, 0.3) is 0 Å². The first-order valence-corrected chi connectivity index (χ1v) is 5.07. The molecule has 1 rings (SSSR count). The SMILES string of the molecule is CCC(C(=O)O)c1cc(O)cc(C)c1Cl. The molecule has 0 aliphatic carbocycles. The fourth-order valence-electron chi connectivity index (χ4n) is 1.56. The standard InChI is InChI=1S/C11H13ClO3/c1-3-8(11(14)15)9-5-7(13)4-6(2)10(9)12/h4-5,8,13H,3H2,1-2H3,(H,14,15). The van der Waals surface area contributed by atoms with Gasteiger partial charge in [-0.2, -0.15) is 0 Å². The van der Waals surface area contributed by atoms with E-state index in [2.05, 4.69) is 0 Å². The summed E-state index contributed by atoms with van der Waals surface area (Å²) in [5.41, 5.74) is 1.16. The van der Waals surface area contributed by atoms with Crippen LogP contribution in [-0.2, 0) is 4.79 Å². The van der Waals surface area contributed by atoms with Crippen molar-refractivity contribution in [1.29, 1.82) is 0 Å². The minimum atomic E-state index is -0.926. The van der Waals surface area contributed by atoms with Crippen molar-refractivity contribution in [3.05, 3.63) is 28.3 Å². The summed E-state index contributed by atoms with van der Waals surface area (Å²) in [7, 11) is 0. The van der Waals surface area contributed by atoms with E-state index >= 15 is 0 Å². The molecule has 0 heterocycles. The van der Waals surface area contributed by atoms with Crippen LogP contribution in [0.1, 0.15) is 30.4 Å². The summed E-state index contributed by atoms with van der Waals surface area (Å²) in [6.45, 7) is 3.51. The van der Waals surface area contributed by atoms with E-state index in [0.29, 0.717) is 22.6 Å². The van der Waals surface area contributed by atoms with Gasteiger partial charge in [0.2, 0.25) is 0 Å². The Labute approximate surface area is 93.3 Å². The molecule has 0 aromatic heterocycles. The zero-order valence-electron chi connectivity index (χ0n) is 8.62. The molecule has 0 bridgehead atoms. The van der Waals surface area contributed by atoms with Crippen LogP contribution in [0.3, 0.4) is 0 Å². The lowest BCUT2D eigenvalue weighted by molar-refractivity contribution is -0.138. The summed E-state index contributed by atoms with van der Waals surface area (Å²) in [6, 6.07) is 2.93. The third-order valence-electron chi connectivity index (χ3n) is 2.35. The van der Waals surface area contributed by atoms with Crippen molar-refractivity contribution >= 4 is 17.6 Å². The maximum absolute atomic E-state index is 11.0. The summed E-state index contributed by atoms with van der Waals surface area (Å²) < 4.78 is 0. The smallest absolute Gasteiger partial charge is 0.311 e. The van der Waals surface area contributed by atoms with E-state index in [1.165, 1.54) is 12.1 Å². The molecule has 82 valence electrons. The molecule has 0 saturated heterocycles. The van der Waals surface area contributed by atoms with E-state index in [0.717, 1.165) is 0 Å². The van der Waals surface area contributed by atoms with Gasteiger partial charge in [0.1, 0.15) is 5.75 Å². The molecule has 1 unspecified atom stereocenters. The van der Waals surface area contributed by atoms with E-state index < -0.39 is 11.9 Å². The van der Waals surface area contributed by atoms with Crippen LogP contribution in [0.5, 0.6) is 5.75 Å². The van der Waals surface area contributed by atoms with E-state index in [1.54, 1.807) is 13.8 Å². The van der Waals surface area contributed by atoms with Crippen LogP contribution in [0.2, 0.25) is 5.02 Å². The molecule has 1 atom stereocenters. The normalized spacial score (nSPS) is 12.5. The zero-order valence-corrected chi connectivity index (χ0v) is 9.38. The molecule has 3 nitrogen and oxygen atoms in total. The Hall–Kier alpha value is -1.22. The summed E-state index contributed by atoms with van der Waals surface area (Å²) >= 11 is 6.01. The fraction of sp³-hybridized carbons (Fsp3) is 0.364. The molecule has 1 aromatic carbocycles. The molecule has 0 amide bonds. The van der Waals surface area contributed by atoms with Gasteiger partial charge >= 0.3 is 5.97 Å². The molecule has 15 heavy (non-hydrogen) atoms. The lowest BCUT2D eigenvalue weighted by Crippen LogP contribution is -2.11. The van der Waals surface area contributed by atoms with Crippen LogP contribution in [0.4, 0.5) is 0 Å².